The van der Waals surface area contributed by atoms with Crippen LogP contribution in [-0.4, -0.2) is 96.7 Å². The molecule has 0 aromatic heterocycles. The van der Waals surface area contributed by atoms with E-state index in [4.69, 9.17) is 37.0 Å². The van der Waals surface area contributed by atoms with Crippen molar-refractivity contribution in [3.05, 3.63) is 24.3 Å². The number of carbonyl (C=O) groups is 4. The third-order valence-corrected chi connectivity index (χ3v) is 18.0. The molecular weight excluding hydrogens is 1200 g/mol. The number of hydrogen-bond acceptors (Lipinski definition) is 15. The number of aliphatic hydroxyl groups excluding tert-OH is 1. The summed E-state index contributed by atoms with van der Waals surface area (Å²) in [5.41, 5.74) is 0. The Balaban J connectivity index is 5.28. The highest BCUT2D eigenvalue weighted by molar-refractivity contribution is 7.47. The zero-order valence-electron chi connectivity index (χ0n) is 58.6. The lowest BCUT2D eigenvalue weighted by Crippen LogP contribution is -2.30. The number of phosphoric acid groups is 2. The number of esters is 4. The molecule has 5 atom stereocenters. The summed E-state index contributed by atoms with van der Waals surface area (Å²) in [5.74, 6) is -0.734. The smallest absolute Gasteiger partial charge is 0.462 e. The van der Waals surface area contributed by atoms with Crippen molar-refractivity contribution < 1.29 is 80.2 Å². The van der Waals surface area contributed by atoms with E-state index in [-0.39, 0.29) is 25.7 Å². The van der Waals surface area contributed by atoms with Crippen LogP contribution in [0.25, 0.3) is 0 Å². The van der Waals surface area contributed by atoms with Gasteiger partial charge in [0.15, 0.2) is 12.2 Å². The number of ether oxygens (including phenoxy) is 4. The van der Waals surface area contributed by atoms with Gasteiger partial charge in [0.25, 0.3) is 0 Å². The fraction of sp³-hybridized carbons (Fsp3) is 0.889. The average Bonchev–Trinajstić information content (AvgIpc) is 3.52. The van der Waals surface area contributed by atoms with Crippen LogP contribution < -0.4 is 0 Å². The Morgan fingerprint density at radius 3 is 0.901 bits per heavy atom. The minimum atomic E-state index is -4.96. The standard InChI is InChI=1S/C72H136O17P2/c1-7-9-11-13-15-17-19-21-23-25-27-29-36-42-48-54-69(74)82-60-67(88-71(76)56-50-44-37-30-28-26-24-22-20-18-16-14-12-10-8-2)62-86-90(78,79)84-58-66(73)59-85-91(80,81)87-63-68(61-83-70(75)55-49-43-39-33-35-41-47-53-65(5)6)89-72(77)57-51-45-38-32-31-34-40-46-52-64(3)4/h18,20,22,24,64-68,73H,7-17,19,21,23,25-63H2,1-6H3,(H,78,79)(H,80,81)/b20-18-,24-22-/t66-,67-,68-/m1/s1. The molecule has 2 unspecified atom stereocenters. The van der Waals surface area contributed by atoms with Crippen LogP contribution in [0.15, 0.2) is 24.3 Å². The first kappa shape index (κ1) is 88.5. The molecule has 17 nitrogen and oxygen atoms in total. The molecule has 19 heteroatoms. The molecule has 0 aliphatic rings. The molecule has 0 fully saturated rings. The van der Waals surface area contributed by atoms with Gasteiger partial charge in [-0.2, -0.15) is 0 Å². The highest BCUT2D eigenvalue weighted by Crippen LogP contribution is 2.45. The Bertz CT molecular complexity index is 1860. The lowest BCUT2D eigenvalue weighted by molar-refractivity contribution is -0.161. The SMILES string of the molecule is CCCCCC/C=C\C=C/CCCCCCCC(=O)O[C@H](COC(=O)CCCCCCCCCCCCCCCCC)COP(=O)(O)OC[C@@H](O)COP(=O)(O)OC[C@@H](COC(=O)CCCCCCCCCC(C)C)OC(=O)CCCCCCCCCCC(C)C. The maximum absolute atomic E-state index is 13.0. The maximum atomic E-state index is 13.0. The van der Waals surface area contributed by atoms with E-state index in [0.29, 0.717) is 37.5 Å². The fourth-order valence-electron chi connectivity index (χ4n) is 10.4. The fourth-order valence-corrected chi connectivity index (χ4v) is 12.0. The summed E-state index contributed by atoms with van der Waals surface area (Å²) in [6, 6.07) is 0. The van der Waals surface area contributed by atoms with Gasteiger partial charge in [-0.25, -0.2) is 9.13 Å². The van der Waals surface area contributed by atoms with E-state index in [2.05, 4.69) is 65.8 Å². The summed E-state index contributed by atoms with van der Waals surface area (Å²) in [6.45, 7) is 9.40. The molecule has 0 rings (SSSR count). The predicted octanol–water partition coefficient (Wildman–Crippen LogP) is 20.3. The number of hydrogen-bond donors (Lipinski definition) is 3. The molecule has 0 aliphatic heterocycles. The quantitative estimate of drug-likeness (QED) is 0.0169. The minimum Gasteiger partial charge on any atom is -0.462 e. The van der Waals surface area contributed by atoms with E-state index in [1.54, 1.807) is 0 Å². The van der Waals surface area contributed by atoms with Crippen molar-refractivity contribution in [1.29, 1.82) is 0 Å². The van der Waals surface area contributed by atoms with Crippen molar-refractivity contribution in [2.75, 3.05) is 39.6 Å². The lowest BCUT2D eigenvalue weighted by Gasteiger charge is -2.21. The molecule has 0 bridgehead atoms. The molecular formula is C72H136O17P2. The first-order chi connectivity index (χ1) is 43.9. The Hall–Kier alpha value is -2.46. The zero-order chi connectivity index (χ0) is 67.2. The Labute approximate surface area is 554 Å². The van der Waals surface area contributed by atoms with Gasteiger partial charge in [-0.3, -0.25) is 37.3 Å². The van der Waals surface area contributed by atoms with Crippen LogP contribution in [0, 0.1) is 11.8 Å². The molecule has 0 aromatic carbocycles. The van der Waals surface area contributed by atoms with Gasteiger partial charge in [0.1, 0.15) is 19.3 Å². The van der Waals surface area contributed by atoms with E-state index < -0.39 is 97.5 Å². The van der Waals surface area contributed by atoms with Gasteiger partial charge in [0, 0.05) is 25.7 Å². The number of carbonyl (C=O) groups excluding carboxylic acids is 4. The summed E-state index contributed by atoms with van der Waals surface area (Å²) in [5, 5.41) is 10.6. The molecule has 0 spiro atoms. The first-order valence-corrected chi connectivity index (χ1v) is 39.8. The van der Waals surface area contributed by atoms with Crippen molar-refractivity contribution in [2.45, 2.75) is 362 Å². The average molecular weight is 1340 g/mol. The normalized spacial score (nSPS) is 14.3. The van der Waals surface area contributed by atoms with Crippen molar-refractivity contribution in [3.8, 4) is 0 Å². The highest BCUT2D eigenvalue weighted by atomic mass is 31.2. The number of unbranched alkanes of at least 4 members (excludes halogenated alkanes) is 36. The van der Waals surface area contributed by atoms with E-state index in [9.17, 15) is 43.2 Å². The van der Waals surface area contributed by atoms with Crippen molar-refractivity contribution >= 4 is 39.5 Å². The predicted molar refractivity (Wildman–Crippen MR) is 367 cm³/mol. The van der Waals surface area contributed by atoms with Crippen LogP contribution in [0.1, 0.15) is 343 Å². The van der Waals surface area contributed by atoms with Gasteiger partial charge in [-0.05, 0) is 63.2 Å². The van der Waals surface area contributed by atoms with Gasteiger partial charge in [-0.15, -0.1) is 0 Å². The van der Waals surface area contributed by atoms with Crippen molar-refractivity contribution in [1.82, 2.24) is 0 Å². The summed E-state index contributed by atoms with van der Waals surface area (Å²) in [6.07, 6.45) is 52.3. The molecule has 0 amide bonds. The maximum Gasteiger partial charge on any atom is 0.472 e. The molecule has 536 valence electrons. The van der Waals surface area contributed by atoms with Gasteiger partial charge >= 0.3 is 39.5 Å². The minimum absolute atomic E-state index is 0.0852. The largest absolute Gasteiger partial charge is 0.472 e. The van der Waals surface area contributed by atoms with E-state index in [0.717, 1.165) is 109 Å². The summed E-state index contributed by atoms with van der Waals surface area (Å²) < 4.78 is 68.3. The molecule has 0 aliphatic carbocycles. The first-order valence-electron chi connectivity index (χ1n) is 36.8. The topological polar surface area (TPSA) is 237 Å². The van der Waals surface area contributed by atoms with E-state index in [1.165, 1.54) is 141 Å². The molecule has 91 heavy (non-hydrogen) atoms. The summed E-state index contributed by atoms with van der Waals surface area (Å²) >= 11 is 0. The molecule has 0 saturated heterocycles. The summed E-state index contributed by atoms with van der Waals surface area (Å²) in [4.78, 5) is 72.6. The van der Waals surface area contributed by atoms with Crippen LogP contribution >= 0.6 is 15.6 Å². The highest BCUT2D eigenvalue weighted by Gasteiger charge is 2.30. The Morgan fingerprint density at radius 1 is 0.341 bits per heavy atom. The monoisotopic (exact) mass is 1330 g/mol. The van der Waals surface area contributed by atoms with Gasteiger partial charge < -0.3 is 33.8 Å². The molecule has 0 saturated carbocycles. The second-order valence-electron chi connectivity index (χ2n) is 26.2. The number of aliphatic hydroxyl groups is 1. The van der Waals surface area contributed by atoms with E-state index in [1.807, 2.05) is 0 Å². The molecule has 0 radical (unpaired) electrons. The number of phosphoric ester groups is 2. The molecule has 0 heterocycles. The third-order valence-electron chi connectivity index (χ3n) is 16.1. The van der Waals surface area contributed by atoms with Crippen LogP contribution in [0.4, 0.5) is 0 Å². The van der Waals surface area contributed by atoms with Gasteiger partial charge in [-0.1, -0.05) is 291 Å². The van der Waals surface area contributed by atoms with Crippen LogP contribution in [-0.2, 0) is 65.4 Å². The van der Waals surface area contributed by atoms with E-state index >= 15 is 0 Å². The van der Waals surface area contributed by atoms with Crippen molar-refractivity contribution in [3.63, 3.8) is 0 Å². The van der Waals surface area contributed by atoms with Crippen LogP contribution in [0.2, 0.25) is 0 Å². The number of allylic oxidation sites excluding steroid dienone is 4. The van der Waals surface area contributed by atoms with Crippen LogP contribution in [0.5, 0.6) is 0 Å². The Morgan fingerprint density at radius 2 is 0.593 bits per heavy atom. The number of rotatable bonds is 69. The molecule has 3 N–H and O–H groups in total. The molecule has 0 aromatic rings. The van der Waals surface area contributed by atoms with Crippen molar-refractivity contribution in [2.24, 2.45) is 11.8 Å². The third kappa shape index (κ3) is 66.0. The zero-order valence-corrected chi connectivity index (χ0v) is 60.4. The van der Waals surface area contributed by atoms with Crippen LogP contribution in [0.3, 0.4) is 0 Å². The second-order valence-corrected chi connectivity index (χ2v) is 29.2. The second kappa shape index (κ2) is 63.6. The Kier molecular flexibility index (Phi) is 61.9. The van der Waals surface area contributed by atoms with Gasteiger partial charge in [0.05, 0.1) is 26.4 Å². The lowest BCUT2D eigenvalue weighted by atomic mass is 10.0. The summed E-state index contributed by atoms with van der Waals surface area (Å²) in [7, 11) is -9.92. The van der Waals surface area contributed by atoms with Gasteiger partial charge in [0.2, 0.25) is 0 Å².